The maximum absolute atomic E-state index is 11.4. The van der Waals surface area contributed by atoms with Gasteiger partial charge in [0.2, 0.25) is 5.91 Å². The zero-order valence-corrected chi connectivity index (χ0v) is 9.33. The van der Waals surface area contributed by atoms with Crippen molar-refractivity contribution in [1.29, 1.82) is 5.26 Å². The number of hydrogen-bond acceptors (Lipinski definition) is 3. The van der Waals surface area contributed by atoms with Crippen molar-refractivity contribution in [3.05, 3.63) is 0 Å². The molecule has 0 aliphatic heterocycles. The standard InChI is InChI=1S/C10H18N2O2/c1-10(2,3)14-8-9(13)12(4)7-5-6-11/h5,7-8H2,1-4H3. The summed E-state index contributed by atoms with van der Waals surface area (Å²) in [5.41, 5.74) is -0.300. The average molecular weight is 198 g/mol. The van der Waals surface area contributed by atoms with Crippen molar-refractivity contribution >= 4 is 5.91 Å². The van der Waals surface area contributed by atoms with Gasteiger partial charge in [0, 0.05) is 13.6 Å². The lowest BCUT2D eigenvalue weighted by molar-refractivity contribution is -0.139. The molecule has 0 atom stereocenters. The second kappa shape index (κ2) is 5.61. The predicted molar refractivity (Wildman–Crippen MR) is 53.6 cm³/mol. The number of carbonyl (C=O) groups is 1. The van der Waals surface area contributed by atoms with Crippen molar-refractivity contribution in [1.82, 2.24) is 4.90 Å². The van der Waals surface area contributed by atoms with Crippen molar-refractivity contribution < 1.29 is 9.53 Å². The molecule has 80 valence electrons. The van der Waals surface area contributed by atoms with E-state index >= 15 is 0 Å². The van der Waals surface area contributed by atoms with Crippen LogP contribution in [-0.2, 0) is 9.53 Å². The van der Waals surface area contributed by atoms with Gasteiger partial charge in [0.1, 0.15) is 6.61 Å². The number of hydrogen-bond donors (Lipinski definition) is 0. The lowest BCUT2D eigenvalue weighted by Crippen LogP contribution is -2.34. The van der Waals surface area contributed by atoms with E-state index in [-0.39, 0.29) is 18.1 Å². The van der Waals surface area contributed by atoms with Crippen LogP contribution in [0, 0.1) is 11.3 Å². The number of carbonyl (C=O) groups excluding carboxylic acids is 1. The van der Waals surface area contributed by atoms with Crippen molar-refractivity contribution in [3.8, 4) is 6.07 Å². The molecule has 0 saturated heterocycles. The van der Waals surface area contributed by atoms with Gasteiger partial charge in [0.15, 0.2) is 0 Å². The second-order valence-corrected chi connectivity index (χ2v) is 4.12. The molecule has 0 aromatic carbocycles. The van der Waals surface area contributed by atoms with Gasteiger partial charge in [0.05, 0.1) is 18.1 Å². The molecular formula is C10H18N2O2. The third-order valence-corrected chi connectivity index (χ3v) is 1.61. The molecule has 0 aromatic heterocycles. The normalized spacial score (nSPS) is 10.8. The van der Waals surface area contributed by atoms with Crippen molar-refractivity contribution in [2.45, 2.75) is 32.8 Å². The molecule has 4 heteroatoms. The van der Waals surface area contributed by atoms with Gasteiger partial charge < -0.3 is 9.64 Å². The molecule has 4 nitrogen and oxygen atoms in total. The fraction of sp³-hybridized carbons (Fsp3) is 0.800. The molecule has 0 fully saturated rings. The van der Waals surface area contributed by atoms with Gasteiger partial charge in [-0.05, 0) is 20.8 Å². The number of rotatable bonds is 4. The minimum Gasteiger partial charge on any atom is -0.366 e. The Bertz CT molecular complexity index is 225. The van der Waals surface area contributed by atoms with E-state index in [0.29, 0.717) is 13.0 Å². The van der Waals surface area contributed by atoms with E-state index in [1.807, 2.05) is 26.8 Å². The fourth-order valence-electron chi connectivity index (χ4n) is 0.731. The molecule has 0 unspecified atom stereocenters. The van der Waals surface area contributed by atoms with Gasteiger partial charge in [0.25, 0.3) is 0 Å². The highest BCUT2D eigenvalue weighted by Crippen LogP contribution is 2.06. The fourth-order valence-corrected chi connectivity index (χ4v) is 0.731. The summed E-state index contributed by atoms with van der Waals surface area (Å²) in [6, 6.07) is 1.99. The third kappa shape index (κ3) is 6.44. The molecule has 0 aliphatic rings. The van der Waals surface area contributed by atoms with Crippen LogP contribution in [0.1, 0.15) is 27.2 Å². The zero-order chi connectivity index (χ0) is 11.2. The highest BCUT2D eigenvalue weighted by atomic mass is 16.5. The van der Waals surface area contributed by atoms with E-state index in [4.69, 9.17) is 10.00 Å². The first-order valence-corrected chi connectivity index (χ1v) is 4.61. The average Bonchev–Trinajstić information content (AvgIpc) is 2.09. The van der Waals surface area contributed by atoms with Gasteiger partial charge in [-0.2, -0.15) is 5.26 Å². The van der Waals surface area contributed by atoms with Crippen LogP contribution in [0.2, 0.25) is 0 Å². The molecule has 0 radical (unpaired) electrons. The van der Waals surface area contributed by atoms with Crippen LogP contribution in [0.25, 0.3) is 0 Å². The third-order valence-electron chi connectivity index (χ3n) is 1.61. The Morgan fingerprint density at radius 1 is 1.50 bits per heavy atom. The second-order valence-electron chi connectivity index (χ2n) is 4.12. The summed E-state index contributed by atoms with van der Waals surface area (Å²) in [5.74, 6) is -0.0878. The Morgan fingerprint density at radius 3 is 2.50 bits per heavy atom. The van der Waals surface area contributed by atoms with Crippen LogP contribution in [0.4, 0.5) is 0 Å². The molecule has 0 N–H and O–H groups in total. The summed E-state index contributed by atoms with van der Waals surface area (Å²) in [6.45, 7) is 6.23. The highest BCUT2D eigenvalue weighted by molar-refractivity contribution is 5.77. The van der Waals surface area contributed by atoms with Gasteiger partial charge in [-0.25, -0.2) is 0 Å². The Kier molecular flexibility index (Phi) is 5.18. The van der Waals surface area contributed by atoms with Gasteiger partial charge in [-0.1, -0.05) is 0 Å². The summed E-state index contributed by atoms with van der Waals surface area (Å²) < 4.78 is 5.32. The molecule has 0 heterocycles. The largest absolute Gasteiger partial charge is 0.366 e. The summed E-state index contributed by atoms with van der Waals surface area (Å²) in [5, 5.41) is 8.34. The van der Waals surface area contributed by atoms with E-state index in [2.05, 4.69) is 0 Å². The minimum atomic E-state index is -0.300. The Labute approximate surface area is 85.5 Å². The molecule has 0 aliphatic carbocycles. The van der Waals surface area contributed by atoms with Crippen LogP contribution >= 0.6 is 0 Å². The van der Waals surface area contributed by atoms with Crippen molar-refractivity contribution in [3.63, 3.8) is 0 Å². The van der Waals surface area contributed by atoms with E-state index in [1.165, 1.54) is 4.90 Å². The SMILES string of the molecule is CN(CCC#N)C(=O)COC(C)(C)C. The molecule has 0 aromatic rings. The number of ether oxygens (including phenoxy) is 1. The van der Waals surface area contributed by atoms with Crippen LogP contribution < -0.4 is 0 Å². The Balaban J connectivity index is 3.80. The lowest BCUT2D eigenvalue weighted by atomic mass is 10.2. The van der Waals surface area contributed by atoms with E-state index in [9.17, 15) is 4.79 Å². The molecule has 0 rings (SSSR count). The lowest BCUT2D eigenvalue weighted by Gasteiger charge is -2.22. The van der Waals surface area contributed by atoms with Crippen molar-refractivity contribution in [2.24, 2.45) is 0 Å². The predicted octanol–water partition coefficient (Wildman–Crippen LogP) is 1.17. The summed E-state index contributed by atoms with van der Waals surface area (Å²) in [6.07, 6.45) is 0.359. The van der Waals surface area contributed by atoms with Gasteiger partial charge in [-0.3, -0.25) is 4.79 Å². The molecule has 0 spiro atoms. The van der Waals surface area contributed by atoms with E-state index in [1.54, 1.807) is 7.05 Å². The van der Waals surface area contributed by atoms with Gasteiger partial charge >= 0.3 is 0 Å². The maximum Gasteiger partial charge on any atom is 0.248 e. The van der Waals surface area contributed by atoms with Crippen LogP contribution in [0.15, 0.2) is 0 Å². The summed E-state index contributed by atoms with van der Waals surface area (Å²) in [7, 11) is 1.67. The smallest absolute Gasteiger partial charge is 0.248 e. The number of nitriles is 1. The first-order chi connectivity index (χ1) is 6.37. The van der Waals surface area contributed by atoms with Gasteiger partial charge in [-0.15, -0.1) is 0 Å². The Morgan fingerprint density at radius 2 is 2.07 bits per heavy atom. The van der Waals surface area contributed by atoms with Crippen molar-refractivity contribution in [2.75, 3.05) is 20.2 Å². The molecule has 0 saturated carbocycles. The number of amides is 1. The first-order valence-electron chi connectivity index (χ1n) is 4.61. The summed E-state index contributed by atoms with van der Waals surface area (Å²) >= 11 is 0. The molecular weight excluding hydrogens is 180 g/mol. The maximum atomic E-state index is 11.4. The first kappa shape index (κ1) is 12.9. The zero-order valence-electron chi connectivity index (χ0n) is 9.33. The Hall–Kier alpha value is -1.08. The van der Waals surface area contributed by atoms with Crippen LogP contribution in [-0.4, -0.2) is 36.6 Å². The molecule has 0 bridgehead atoms. The topological polar surface area (TPSA) is 53.3 Å². The van der Waals surface area contributed by atoms with E-state index in [0.717, 1.165) is 0 Å². The number of nitrogens with zero attached hydrogens (tertiary/aromatic N) is 2. The van der Waals surface area contributed by atoms with E-state index < -0.39 is 0 Å². The molecule has 1 amide bonds. The monoisotopic (exact) mass is 198 g/mol. The van der Waals surface area contributed by atoms with Crippen LogP contribution in [0.5, 0.6) is 0 Å². The van der Waals surface area contributed by atoms with Crippen LogP contribution in [0.3, 0.4) is 0 Å². The quantitative estimate of drug-likeness (QED) is 0.681. The minimum absolute atomic E-state index is 0.0748. The number of likely N-dealkylation sites (N-methyl/N-ethyl adjacent to an activating group) is 1. The summed E-state index contributed by atoms with van der Waals surface area (Å²) in [4.78, 5) is 12.9. The highest BCUT2D eigenvalue weighted by Gasteiger charge is 2.15. The molecule has 14 heavy (non-hydrogen) atoms.